The minimum atomic E-state index is -2.16. The highest BCUT2D eigenvalue weighted by molar-refractivity contribution is 4.99. The minimum absolute atomic E-state index is 0.815. The largest absolute Gasteiger partial charge is 0.394 e. The Kier molecular flexibility index (Phi) is 18.2. The van der Waals surface area contributed by atoms with Crippen molar-refractivity contribution in [3.8, 4) is 0 Å². The van der Waals surface area contributed by atoms with Crippen molar-refractivity contribution in [3.05, 3.63) is 0 Å². The van der Waals surface area contributed by atoms with Crippen molar-refractivity contribution < 1.29 is 144 Å². The zero-order valence-corrected chi connectivity index (χ0v) is 34.7. The number of aliphatic hydroxyl groups excluding tert-OH is 18. The van der Waals surface area contributed by atoms with E-state index in [0.29, 0.717) is 0 Å². The molecule has 29 nitrogen and oxygen atoms in total. The summed E-state index contributed by atoms with van der Waals surface area (Å²) in [6.07, 6.45) is -54.8. The van der Waals surface area contributed by atoms with Crippen LogP contribution < -0.4 is 0 Å². The van der Waals surface area contributed by atoms with Crippen molar-refractivity contribution in [2.45, 2.75) is 198 Å². The van der Waals surface area contributed by atoms with Gasteiger partial charge in [-0.3, -0.25) is 0 Å². The smallest absolute Gasteiger partial charge is 0.187 e. The average Bonchev–Trinajstić information content (AvgIpc) is 3.56. The lowest BCUT2D eigenvalue weighted by molar-refractivity contribution is -0.399. The maximum Gasteiger partial charge on any atom is 0.187 e. The Morgan fingerprint density at radius 1 is 0.354 bits per heavy atom. The van der Waals surface area contributed by atoms with E-state index in [1.54, 1.807) is 0 Å². The zero-order valence-electron chi connectivity index (χ0n) is 34.7. The average molecular weight is 959 g/mol. The molecule has 0 spiro atoms. The van der Waals surface area contributed by atoms with Crippen molar-refractivity contribution in [1.82, 2.24) is 0 Å². The number of aliphatic hydroxyl groups is 18. The highest BCUT2D eigenvalue weighted by atomic mass is 16.8. The number of hydrogen-bond acceptors (Lipinski definition) is 29. The molecule has 6 saturated heterocycles. The quantitative estimate of drug-likeness (QED) is 0.0724. The molecule has 0 aromatic carbocycles. The summed E-state index contributed by atoms with van der Waals surface area (Å²) < 4.78 is 61.5. The van der Waals surface area contributed by atoms with Crippen LogP contribution in [0.1, 0.15) is 13.8 Å². The topological polar surface area (TPSA) is 466 Å². The Morgan fingerprint density at radius 3 is 1.20 bits per heavy atom. The van der Waals surface area contributed by atoms with Crippen molar-refractivity contribution in [2.24, 2.45) is 0 Å². The Bertz CT molecular complexity index is 1470. The fraction of sp³-hybridized carbons (Fsp3) is 1.00. The van der Waals surface area contributed by atoms with E-state index < -0.39 is 211 Å². The summed E-state index contributed by atoms with van der Waals surface area (Å²) >= 11 is 0. The first kappa shape index (κ1) is 53.2. The van der Waals surface area contributed by atoms with E-state index in [1.807, 2.05) is 0 Å². The van der Waals surface area contributed by atoms with Gasteiger partial charge in [0.25, 0.3) is 0 Å². The third-order valence-electron chi connectivity index (χ3n) is 12.3. The van der Waals surface area contributed by atoms with E-state index in [1.165, 1.54) is 13.8 Å². The molecule has 0 radical (unpaired) electrons. The van der Waals surface area contributed by atoms with Crippen molar-refractivity contribution in [2.75, 3.05) is 26.4 Å². The summed E-state index contributed by atoms with van der Waals surface area (Å²) in [5.74, 6) is 0. The molecule has 29 heteroatoms. The summed E-state index contributed by atoms with van der Waals surface area (Å²) in [6, 6.07) is 0. The van der Waals surface area contributed by atoms with Crippen molar-refractivity contribution in [1.29, 1.82) is 0 Å². The predicted octanol–water partition coefficient (Wildman–Crippen LogP) is -12.0. The van der Waals surface area contributed by atoms with Crippen LogP contribution in [0.3, 0.4) is 0 Å². The van der Waals surface area contributed by atoms with Gasteiger partial charge in [-0.25, -0.2) is 0 Å². The van der Waals surface area contributed by atoms with Crippen LogP contribution in [0, 0.1) is 0 Å². The van der Waals surface area contributed by atoms with Crippen LogP contribution in [-0.4, -0.2) is 303 Å². The lowest BCUT2D eigenvalue weighted by Crippen LogP contribution is -2.68. The highest BCUT2D eigenvalue weighted by Gasteiger charge is 2.58. The molecule has 6 aliphatic heterocycles. The monoisotopic (exact) mass is 958 g/mol. The van der Waals surface area contributed by atoms with Gasteiger partial charge in [0.2, 0.25) is 0 Å². The van der Waals surface area contributed by atoms with E-state index in [2.05, 4.69) is 0 Å². The van der Waals surface area contributed by atoms with Gasteiger partial charge in [-0.05, 0) is 13.8 Å². The molecule has 65 heavy (non-hydrogen) atoms. The Morgan fingerprint density at radius 2 is 0.723 bits per heavy atom. The summed E-state index contributed by atoms with van der Waals surface area (Å²) in [4.78, 5) is 0. The Labute approximate surface area is 368 Å². The van der Waals surface area contributed by atoms with Gasteiger partial charge in [-0.15, -0.1) is 0 Å². The second-order valence-corrected chi connectivity index (χ2v) is 16.7. The summed E-state index contributed by atoms with van der Waals surface area (Å²) in [5, 5.41) is 191. The van der Waals surface area contributed by atoms with Gasteiger partial charge in [0, 0.05) is 0 Å². The molecule has 0 aromatic rings. The Hall–Kier alpha value is -1.16. The molecule has 380 valence electrons. The van der Waals surface area contributed by atoms with Gasteiger partial charge in [0.1, 0.15) is 134 Å². The fourth-order valence-electron chi connectivity index (χ4n) is 8.39. The lowest BCUT2D eigenvalue weighted by atomic mass is 9.95. The molecule has 0 saturated carbocycles. The molecule has 6 aliphatic rings. The predicted molar refractivity (Wildman–Crippen MR) is 196 cm³/mol. The Balaban J connectivity index is 1.19. The summed E-state index contributed by atoms with van der Waals surface area (Å²) in [5.41, 5.74) is 0. The standard InChI is InChI=1S/C36H62O29/c1-7-13(42)18(47)30(65-35-23(52)28(16(45)11(5-39)59-35)63-32-20(49)19(48)25(60-32)9(41)3-37)36(56-7)64-29-17(46)12(6-40)58-34(24(29)53)61-26-14(43)8(2)55-33(22(26)51)62-27-15(44)10(4-38)57-31(54)21(27)50/h7-54H,3-6H2,1-2H3/t7-,8-,9-,10-,11-,12-,13-,14-,15-,16+,17-,18+,19-,20-,21-,22+,23-,24+,25+,26+,27+,28+,29+,30+,31?,32+,33-,34-,35-,36-/m1/s1. The van der Waals surface area contributed by atoms with E-state index in [0.717, 1.165) is 0 Å². The van der Waals surface area contributed by atoms with Crippen LogP contribution in [0.25, 0.3) is 0 Å². The molecule has 0 bridgehead atoms. The molecule has 0 amide bonds. The maximum atomic E-state index is 11.6. The van der Waals surface area contributed by atoms with Crippen LogP contribution >= 0.6 is 0 Å². The van der Waals surface area contributed by atoms with E-state index in [-0.39, 0.29) is 0 Å². The molecular formula is C36H62O29. The summed E-state index contributed by atoms with van der Waals surface area (Å²) in [7, 11) is 0. The number of hydrogen-bond donors (Lipinski definition) is 18. The first-order valence-electron chi connectivity index (χ1n) is 20.9. The molecule has 1 unspecified atom stereocenters. The highest BCUT2D eigenvalue weighted by Crippen LogP contribution is 2.37. The molecule has 6 fully saturated rings. The van der Waals surface area contributed by atoms with E-state index in [4.69, 9.17) is 52.1 Å². The van der Waals surface area contributed by atoms with Crippen LogP contribution in [0.5, 0.6) is 0 Å². The minimum Gasteiger partial charge on any atom is -0.394 e. The molecule has 6 heterocycles. The lowest BCUT2D eigenvalue weighted by Gasteiger charge is -2.50. The second-order valence-electron chi connectivity index (χ2n) is 16.7. The van der Waals surface area contributed by atoms with Gasteiger partial charge in [0.15, 0.2) is 37.7 Å². The van der Waals surface area contributed by atoms with Crippen LogP contribution in [0.15, 0.2) is 0 Å². The zero-order chi connectivity index (χ0) is 47.9. The second kappa shape index (κ2) is 22.3. The molecular weight excluding hydrogens is 896 g/mol. The van der Waals surface area contributed by atoms with Crippen LogP contribution in [0.2, 0.25) is 0 Å². The van der Waals surface area contributed by atoms with Crippen LogP contribution in [0.4, 0.5) is 0 Å². The summed E-state index contributed by atoms with van der Waals surface area (Å²) in [6.45, 7) is -1.06. The van der Waals surface area contributed by atoms with E-state index in [9.17, 15) is 91.9 Å². The first-order chi connectivity index (χ1) is 30.7. The van der Waals surface area contributed by atoms with E-state index >= 15 is 0 Å². The van der Waals surface area contributed by atoms with Gasteiger partial charge in [-0.2, -0.15) is 0 Å². The van der Waals surface area contributed by atoms with Gasteiger partial charge >= 0.3 is 0 Å². The molecule has 0 aliphatic carbocycles. The third-order valence-corrected chi connectivity index (χ3v) is 12.3. The molecule has 18 N–H and O–H groups in total. The van der Waals surface area contributed by atoms with Gasteiger partial charge in [-0.1, -0.05) is 0 Å². The van der Waals surface area contributed by atoms with Gasteiger partial charge < -0.3 is 144 Å². The maximum absolute atomic E-state index is 11.6. The van der Waals surface area contributed by atoms with Gasteiger partial charge in [0.05, 0.1) is 38.6 Å². The first-order valence-corrected chi connectivity index (χ1v) is 20.9. The number of ether oxygens (including phenoxy) is 11. The molecule has 6 rings (SSSR count). The SMILES string of the molecule is C[C@H]1O[C@H](O[C@@H]2[C@H](O)[C@@H](O[C@@H]3[C@H](O)[C@@H](O[C@H]4[C@H](O)[C@@H](CO)OC(O)[C@@H]4O)O[C@H](C)[C@H]3O)O[C@H](CO)[C@H]2O)[C@@H](O[C@H]2O[C@H](CO)[C@H](O)[C@H](O[C@@H]3O[C@@H]([C@H](O)CO)[C@H](O)[C@H]3O)[C@H]2O)[C@@H](O)[C@@H]1O. The van der Waals surface area contributed by atoms with Crippen molar-refractivity contribution >= 4 is 0 Å². The third kappa shape index (κ3) is 10.8. The van der Waals surface area contributed by atoms with Crippen molar-refractivity contribution in [3.63, 3.8) is 0 Å². The fourth-order valence-corrected chi connectivity index (χ4v) is 8.39. The molecule has 0 aromatic heterocycles. The number of rotatable bonds is 15. The molecule has 30 atom stereocenters. The van der Waals surface area contributed by atoms with Crippen LogP contribution in [-0.2, 0) is 52.1 Å². The normalized spacial score (nSPS) is 53.8.